The van der Waals surface area contributed by atoms with E-state index in [1.54, 1.807) is 6.92 Å². The minimum atomic E-state index is -0.0541. The Bertz CT molecular complexity index is 441. The predicted octanol–water partition coefficient (Wildman–Crippen LogP) is 4.28. The lowest BCUT2D eigenvalue weighted by Crippen LogP contribution is -2.35. The first kappa shape index (κ1) is 15.2. The van der Waals surface area contributed by atoms with E-state index in [-0.39, 0.29) is 16.7 Å². The van der Waals surface area contributed by atoms with Crippen molar-refractivity contribution in [3.05, 3.63) is 11.3 Å². The molecule has 1 aromatic rings. The fourth-order valence-electron chi connectivity index (χ4n) is 2.55. The first-order chi connectivity index (χ1) is 8.02. The van der Waals surface area contributed by atoms with Gasteiger partial charge in [-0.15, -0.1) is 0 Å². The topological polar surface area (TPSA) is 42.0 Å². The number of aryl methyl sites for hydroxylation is 1. The quantitative estimate of drug-likeness (QED) is 0.829. The van der Waals surface area contributed by atoms with Crippen LogP contribution in [0.15, 0.2) is 0 Å². The van der Waals surface area contributed by atoms with Crippen LogP contribution in [0.5, 0.6) is 0 Å². The SMILES string of the molecule is CC(=O)c1c(C)nsc1NC(C)(C)CC(C)(C)C. The number of nitrogens with zero attached hydrogens (tertiary/aromatic N) is 1. The molecule has 0 aliphatic heterocycles. The van der Waals surface area contributed by atoms with Crippen molar-refractivity contribution in [1.82, 2.24) is 4.37 Å². The summed E-state index contributed by atoms with van der Waals surface area (Å²) in [7, 11) is 0. The maximum atomic E-state index is 11.6. The molecule has 0 saturated carbocycles. The first-order valence-electron chi connectivity index (χ1n) is 6.27. The summed E-state index contributed by atoms with van der Waals surface area (Å²) < 4.78 is 4.28. The number of carbonyl (C=O) groups excluding carboxylic acids is 1. The van der Waals surface area contributed by atoms with Gasteiger partial charge in [0.05, 0.1) is 11.3 Å². The highest BCUT2D eigenvalue weighted by molar-refractivity contribution is 7.10. The van der Waals surface area contributed by atoms with Crippen LogP contribution in [-0.4, -0.2) is 15.7 Å². The molecule has 0 aromatic carbocycles. The zero-order valence-electron chi connectivity index (χ0n) is 12.5. The molecule has 0 bridgehead atoms. The van der Waals surface area contributed by atoms with Crippen LogP contribution in [0.4, 0.5) is 5.00 Å². The molecule has 4 heteroatoms. The Labute approximate surface area is 114 Å². The van der Waals surface area contributed by atoms with E-state index in [2.05, 4.69) is 44.3 Å². The van der Waals surface area contributed by atoms with E-state index in [0.717, 1.165) is 22.7 Å². The predicted molar refractivity (Wildman–Crippen MR) is 78.6 cm³/mol. The number of hydrogen-bond donors (Lipinski definition) is 1. The third-order valence-electron chi connectivity index (χ3n) is 2.64. The molecule has 0 unspecified atom stereocenters. The summed E-state index contributed by atoms with van der Waals surface area (Å²) in [5, 5.41) is 4.38. The maximum absolute atomic E-state index is 11.6. The van der Waals surface area contributed by atoms with E-state index in [1.807, 2.05) is 6.92 Å². The highest BCUT2D eigenvalue weighted by atomic mass is 32.1. The van der Waals surface area contributed by atoms with E-state index < -0.39 is 0 Å². The van der Waals surface area contributed by atoms with E-state index >= 15 is 0 Å². The number of aromatic nitrogens is 1. The van der Waals surface area contributed by atoms with Gasteiger partial charge in [0.25, 0.3) is 0 Å². The monoisotopic (exact) mass is 268 g/mol. The Morgan fingerprint density at radius 1 is 1.28 bits per heavy atom. The number of rotatable bonds is 4. The van der Waals surface area contributed by atoms with Crippen molar-refractivity contribution in [2.45, 2.75) is 60.4 Å². The molecule has 1 rings (SSSR count). The Morgan fingerprint density at radius 3 is 2.28 bits per heavy atom. The molecule has 1 heterocycles. The van der Waals surface area contributed by atoms with Gasteiger partial charge in [0.2, 0.25) is 0 Å². The molecule has 3 nitrogen and oxygen atoms in total. The molecule has 18 heavy (non-hydrogen) atoms. The average Bonchev–Trinajstić information content (AvgIpc) is 2.40. The van der Waals surface area contributed by atoms with Crippen LogP contribution in [0.3, 0.4) is 0 Å². The summed E-state index contributed by atoms with van der Waals surface area (Å²) in [5.41, 5.74) is 1.75. The molecule has 0 saturated heterocycles. The lowest BCUT2D eigenvalue weighted by Gasteiger charge is -2.33. The van der Waals surface area contributed by atoms with Crippen LogP contribution in [0.25, 0.3) is 0 Å². The van der Waals surface area contributed by atoms with Gasteiger partial charge in [-0.05, 0) is 51.1 Å². The molecule has 0 aliphatic carbocycles. The Balaban J connectivity index is 2.94. The average molecular weight is 268 g/mol. The molecule has 0 amide bonds. The van der Waals surface area contributed by atoms with Crippen molar-refractivity contribution < 1.29 is 4.79 Å². The minimum Gasteiger partial charge on any atom is -0.370 e. The second-order valence-electron chi connectivity index (χ2n) is 6.77. The van der Waals surface area contributed by atoms with E-state index in [0.29, 0.717) is 0 Å². The summed E-state index contributed by atoms with van der Waals surface area (Å²) in [6, 6.07) is 0. The zero-order valence-corrected chi connectivity index (χ0v) is 13.3. The van der Waals surface area contributed by atoms with Gasteiger partial charge in [0, 0.05) is 5.54 Å². The van der Waals surface area contributed by atoms with Crippen LogP contribution in [0.1, 0.15) is 64.0 Å². The highest BCUT2D eigenvalue weighted by Gasteiger charge is 2.27. The Kier molecular flexibility index (Phi) is 4.21. The molecular formula is C14H24N2OS. The molecule has 1 aromatic heterocycles. The fraction of sp³-hybridized carbons (Fsp3) is 0.714. The van der Waals surface area contributed by atoms with Crippen LogP contribution in [0, 0.1) is 12.3 Å². The van der Waals surface area contributed by atoms with Crippen molar-refractivity contribution in [3.8, 4) is 0 Å². The van der Waals surface area contributed by atoms with Crippen LogP contribution in [-0.2, 0) is 0 Å². The second-order valence-corrected chi connectivity index (χ2v) is 7.55. The van der Waals surface area contributed by atoms with Crippen molar-refractivity contribution in [2.75, 3.05) is 5.32 Å². The number of hydrogen-bond acceptors (Lipinski definition) is 4. The zero-order chi connectivity index (χ0) is 14.1. The molecule has 102 valence electrons. The van der Waals surface area contributed by atoms with E-state index in [1.165, 1.54) is 11.5 Å². The number of carbonyl (C=O) groups is 1. The van der Waals surface area contributed by atoms with E-state index in [9.17, 15) is 4.79 Å². The molecule has 0 fully saturated rings. The lowest BCUT2D eigenvalue weighted by molar-refractivity contribution is 0.101. The van der Waals surface area contributed by atoms with Gasteiger partial charge >= 0.3 is 0 Å². The molecule has 0 radical (unpaired) electrons. The number of nitrogens with one attached hydrogen (secondary N) is 1. The number of anilines is 1. The van der Waals surface area contributed by atoms with Gasteiger partial charge in [-0.25, -0.2) is 0 Å². The Morgan fingerprint density at radius 2 is 1.83 bits per heavy atom. The van der Waals surface area contributed by atoms with Gasteiger partial charge in [0.1, 0.15) is 5.00 Å². The Hall–Kier alpha value is -0.900. The number of ketones is 1. The molecule has 0 atom stereocenters. The van der Waals surface area contributed by atoms with E-state index in [4.69, 9.17) is 0 Å². The summed E-state index contributed by atoms with van der Waals surface area (Å²) in [6.07, 6.45) is 1.02. The smallest absolute Gasteiger partial charge is 0.164 e. The van der Waals surface area contributed by atoms with Crippen molar-refractivity contribution in [1.29, 1.82) is 0 Å². The van der Waals surface area contributed by atoms with Gasteiger partial charge in [-0.1, -0.05) is 20.8 Å². The maximum Gasteiger partial charge on any atom is 0.164 e. The van der Waals surface area contributed by atoms with Crippen molar-refractivity contribution in [3.63, 3.8) is 0 Å². The third kappa shape index (κ3) is 4.09. The van der Waals surface area contributed by atoms with Gasteiger partial charge in [-0.3, -0.25) is 4.79 Å². The molecule has 0 spiro atoms. The summed E-state index contributed by atoms with van der Waals surface area (Å²) in [4.78, 5) is 11.6. The second kappa shape index (κ2) is 5.00. The van der Waals surface area contributed by atoms with Gasteiger partial charge in [0.15, 0.2) is 5.78 Å². The van der Waals surface area contributed by atoms with Crippen molar-refractivity contribution >= 4 is 22.3 Å². The highest BCUT2D eigenvalue weighted by Crippen LogP contribution is 2.33. The van der Waals surface area contributed by atoms with Gasteiger partial charge in [-0.2, -0.15) is 4.37 Å². The van der Waals surface area contributed by atoms with Gasteiger partial charge < -0.3 is 5.32 Å². The normalized spacial score (nSPS) is 12.6. The van der Waals surface area contributed by atoms with Crippen LogP contribution < -0.4 is 5.32 Å². The first-order valence-corrected chi connectivity index (χ1v) is 7.04. The van der Waals surface area contributed by atoms with Crippen LogP contribution in [0.2, 0.25) is 0 Å². The largest absolute Gasteiger partial charge is 0.370 e. The summed E-state index contributed by atoms with van der Waals surface area (Å²) in [6.45, 7) is 14.5. The minimum absolute atomic E-state index is 0.0541. The standard InChI is InChI=1S/C14H24N2OS/c1-9-11(10(2)17)12(18-16-9)15-14(6,7)8-13(3,4)5/h15H,8H2,1-7H3. The molecule has 0 aliphatic rings. The van der Waals surface area contributed by atoms with Crippen molar-refractivity contribution in [2.24, 2.45) is 5.41 Å². The summed E-state index contributed by atoms with van der Waals surface area (Å²) in [5.74, 6) is 0.0790. The fourth-order valence-corrected chi connectivity index (χ4v) is 3.57. The molecule has 1 N–H and O–H groups in total. The third-order valence-corrected chi connectivity index (χ3v) is 3.49. The lowest BCUT2D eigenvalue weighted by atomic mass is 9.82. The summed E-state index contributed by atoms with van der Waals surface area (Å²) >= 11 is 1.38. The van der Waals surface area contributed by atoms with Crippen LogP contribution >= 0.6 is 11.5 Å². The number of Topliss-reactive ketones (excluding diaryl/α,β-unsaturated/α-hetero) is 1. The molecular weight excluding hydrogens is 244 g/mol.